The Labute approximate surface area is 490 Å². The second-order valence-corrected chi connectivity index (χ2v) is 22.7. The second kappa shape index (κ2) is 67.1. The summed E-state index contributed by atoms with van der Waals surface area (Å²) >= 11 is 0. The second-order valence-electron chi connectivity index (χ2n) is 22.7. The lowest BCUT2D eigenvalue weighted by atomic mass is 10.0. The van der Waals surface area contributed by atoms with Gasteiger partial charge in [0.2, 0.25) is 0 Å². The summed E-state index contributed by atoms with van der Waals surface area (Å²) in [6.45, 7) is 6.53. The van der Waals surface area contributed by atoms with Crippen molar-refractivity contribution in [2.24, 2.45) is 0 Å². The maximum absolute atomic E-state index is 12.9. The first-order valence-electron chi connectivity index (χ1n) is 34.1. The van der Waals surface area contributed by atoms with Crippen molar-refractivity contribution in [1.29, 1.82) is 0 Å². The first-order chi connectivity index (χ1) is 39.0. The number of esters is 3. The third kappa shape index (κ3) is 65.3. The Morgan fingerprint density at radius 3 is 0.772 bits per heavy atom. The van der Waals surface area contributed by atoms with Crippen LogP contribution in [0.4, 0.5) is 0 Å². The van der Waals surface area contributed by atoms with Gasteiger partial charge in [-0.3, -0.25) is 14.4 Å². The van der Waals surface area contributed by atoms with Crippen LogP contribution in [0, 0.1) is 0 Å². The van der Waals surface area contributed by atoms with E-state index in [1.807, 2.05) is 0 Å². The van der Waals surface area contributed by atoms with E-state index in [-0.39, 0.29) is 31.1 Å². The highest BCUT2D eigenvalue weighted by Gasteiger charge is 2.19. The Morgan fingerprint density at radius 2 is 0.494 bits per heavy atom. The molecule has 1 atom stereocenters. The molecular formula is C73H128O6. The van der Waals surface area contributed by atoms with Gasteiger partial charge in [-0.1, -0.05) is 311 Å². The van der Waals surface area contributed by atoms with Crippen LogP contribution in [0.5, 0.6) is 0 Å². The zero-order chi connectivity index (χ0) is 57.1. The van der Waals surface area contributed by atoms with Gasteiger partial charge >= 0.3 is 17.9 Å². The lowest BCUT2D eigenvalue weighted by molar-refractivity contribution is -0.167. The molecule has 0 aliphatic carbocycles. The van der Waals surface area contributed by atoms with E-state index in [9.17, 15) is 14.4 Å². The Balaban J connectivity index is 4.13. The van der Waals surface area contributed by atoms with Crippen molar-refractivity contribution in [3.8, 4) is 0 Å². The Morgan fingerprint density at radius 1 is 0.266 bits per heavy atom. The molecule has 1 unspecified atom stereocenters. The van der Waals surface area contributed by atoms with Crippen molar-refractivity contribution in [3.05, 3.63) is 85.1 Å². The van der Waals surface area contributed by atoms with Gasteiger partial charge in [-0.05, 0) is 96.3 Å². The first-order valence-corrected chi connectivity index (χ1v) is 34.1. The molecule has 0 aromatic rings. The van der Waals surface area contributed by atoms with Crippen LogP contribution in [-0.4, -0.2) is 37.2 Å². The van der Waals surface area contributed by atoms with E-state index in [0.29, 0.717) is 19.3 Å². The number of unbranched alkanes of at least 4 members (excludes halogenated alkanes) is 37. The summed E-state index contributed by atoms with van der Waals surface area (Å²) in [5.74, 6) is -0.865. The Bertz CT molecular complexity index is 1500. The van der Waals surface area contributed by atoms with E-state index in [1.54, 1.807) is 0 Å². The molecule has 0 bridgehead atoms. The van der Waals surface area contributed by atoms with E-state index in [4.69, 9.17) is 14.2 Å². The Hall–Kier alpha value is -3.41. The van der Waals surface area contributed by atoms with E-state index >= 15 is 0 Å². The average molecular weight is 1100 g/mol. The van der Waals surface area contributed by atoms with Crippen molar-refractivity contribution in [3.63, 3.8) is 0 Å². The maximum Gasteiger partial charge on any atom is 0.306 e. The van der Waals surface area contributed by atoms with Crippen LogP contribution >= 0.6 is 0 Å². The van der Waals surface area contributed by atoms with Gasteiger partial charge < -0.3 is 14.2 Å². The van der Waals surface area contributed by atoms with Gasteiger partial charge in [-0.25, -0.2) is 0 Å². The summed E-state index contributed by atoms with van der Waals surface area (Å²) < 4.78 is 16.9. The van der Waals surface area contributed by atoms with E-state index in [1.165, 1.54) is 205 Å². The molecule has 0 heterocycles. The topological polar surface area (TPSA) is 78.9 Å². The van der Waals surface area contributed by atoms with Crippen LogP contribution in [0.2, 0.25) is 0 Å². The summed E-state index contributed by atoms with van der Waals surface area (Å²) in [7, 11) is 0. The molecule has 0 rings (SSSR count). The fraction of sp³-hybridized carbons (Fsp3) is 0.767. The summed E-state index contributed by atoms with van der Waals surface area (Å²) in [4.78, 5) is 38.2. The van der Waals surface area contributed by atoms with E-state index < -0.39 is 6.10 Å². The number of carbonyl (C=O) groups is 3. The minimum atomic E-state index is -0.776. The van der Waals surface area contributed by atoms with Crippen LogP contribution in [0.25, 0.3) is 0 Å². The van der Waals surface area contributed by atoms with Crippen LogP contribution < -0.4 is 0 Å². The summed E-state index contributed by atoms with van der Waals surface area (Å²) in [5, 5.41) is 0. The van der Waals surface area contributed by atoms with Gasteiger partial charge in [0.1, 0.15) is 13.2 Å². The van der Waals surface area contributed by atoms with Crippen LogP contribution in [0.3, 0.4) is 0 Å². The minimum Gasteiger partial charge on any atom is -0.462 e. The normalized spacial score (nSPS) is 12.6. The SMILES string of the molecule is CC/C=C\C/C=C\C/C=C\C/C=C\C/C=C\CCCCCCCCCCCCCCCCCC(=O)OCC(COC(=O)CCCCCCCCCCC)OC(=O)CCCCCCCCCCC/C=C\C/C=C\CCCCCCC. The van der Waals surface area contributed by atoms with Crippen molar-refractivity contribution in [2.75, 3.05) is 13.2 Å². The molecule has 0 aromatic heterocycles. The third-order valence-electron chi connectivity index (χ3n) is 14.9. The van der Waals surface area contributed by atoms with Crippen molar-refractivity contribution < 1.29 is 28.6 Å². The zero-order valence-electron chi connectivity index (χ0n) is 52.4. The van der Waals surface area contributed by atoms with Crippen LogP contribution in [0.15, 0.2) is 85.1 Å². The molecule has 0 aliphatic rings. The molecule has 6 nitrogen and oxygen atoms in total. The standard InChI is InChI=1S/C73H128O6/c1-4-7-10-13-16-19-21-23-25-27-29-31-32-33-34-35-36-37-38-39-40-42-43-45-47-49-51-54-57-60-63-66-72(75)78-69-70(68-77-71(74)65-62-59-56-53-18-15-12-9-6-3)79-73(76)67-64-61-58-55-52-50-48-46-44-41-30-28-26-24-22-20-17-14-11-8-5-2/h7,10,16,19,22-25,28-31,33-34,70H,4-6,8-9,11-15,17-18,20-21,26-27,32,35-69H2,1-3H3/b10-7-,19-16-,24-22-,25-23-,30-28-,31-29-,34-33-. The predicted molar refractivity (Wildman–Crippen MR) is 344 cm³/mol. The predicted octanol–water partition coefficient (Wildman–Crippen LogP) is 23.4. The fourth-order valence-electron chi connectivity index (χ4n) is 9.80. The first kappa shape index (κ1) is 75.6. The molecule has 0 saturated carbocycles. The molecular weight excluding hydrogens is 973 g/mol. The highest BCUT2D eigenvalue weighted by atomic mass is 16.6. The molecule has 0 amide bonds. The molecule has 0 N–H and O–H groups in total. The van der Waals surface area contributed by atoms with Gasteiger partial charge in [0.15, 0.2) is 6.10 Å². The lowest BCUT2D eigenvalue weighted by Crippen LogP contribution is -2.30. The average Bonchev–Trinajstić information content (AvgIpc) is 3.45. The van der Waals surface area contributed by atoms with Gasteiger partial charge in [0.25, 0.3) is 0 Å². The maximum atomic E-state index is 12.9. The third-order valence-corrected chi connectivity index (χ3v) is 14.9. The van der Waals surface area contributed by atoms with E-state index in [2.05, 4.69) is 106 Å². The molecule has 6 heteroatoms. The Kier molecular flexibility index (Phi) is 64.2. The van der Waals surface area contributed by atoms with Crippen molar-refractivity contribution in [1.82, 2.24) is 0 Å². The van der Waals surface area contributed by atoms with Crippen LogP contribution in [0.1, 0.15) is 342 Å². The highest BCUT2D eigenvalue weighted by Crippen LogP contribution is 2.17. The molecule has 0 saturated heterocycles. The van der Waals surface area contributed by atoms with Gasteiger partial charge in [0.05, 0.1) is 0 Å². The molecule has 0 spiro atoms. The zero-order valence-corrected chi connectivity index (χ0v) is 52.4. The largest absolute Gasteiger partial charge is 0.462 e. The molecule has 79 heavy (non-hydrogen) atoms. The lowest BCUT2D eigenvalue weighted by Gasteiger charge is -2.18. The summed E-state index contributed by atoms with van der Waals surface area (Å²) in [5.41, 5.74) is 0. The molecule has 0 radical (unpaired) electrons. The van der Waals surface area contributed by atoms with Gasteiger partial charge in [-0.2, -0.15) is 0 Å². The van der Waals surface area contributed by atoms with Crippen molar-refractivity contribution >= 4 is 17.9 Å². The van der Waals surface area contributed by atoms with Gasteiger partial charge in [0, 0.05) is 19.3 Å². The minimum absolute atomic E-state index is 0.0737. The molecule has 0 fully saturated rings. The monoisotopic (exact) mass is 1100 g/mol. The smallest absolute Gasteiger partial charge is 0.306 e. The van der Waals surface area contributed by atoms with E-state index in [0.717, 1.165) is 96.3 Å². The fourth-order valence-corrected chi connectivity index (χ4v) is 9.80. The summed E-state index contributed by atoms with van der Waals surface area (Å²) in [6, 6.07) is 0. The highest BCUT2D eigenvalue weighted by molar-refractivity contribution is 5.71. The number of hydrogen-bond donors (Lipinski definition) is 0. The number of ether oxygens (including phenoxy) is 3. The van der Waals surface area contributed by atoms with Crippen molar-refractivity contribution in [2.45, 2.75) is 348 Å². The summed E-state index contributed by atoms with van der Waals surface area (Å²) in [6.07, 6.45) is 89.0. The van der Waals surface area contributed by atoms with Crippen LogP contribution in [-0.2, 0) is 28.6 Å². The quantitative estimate of drug-likeness (QED) is 0.0261. The molecule has 0 aromatic carbocycles. The van der Waals surface area contributed by atoms with Gasteiger partial charge in [-0.15, -0.1) is 0 Å². The number of allylic oxidation sites excluding steroid dienone is 14. The number of hydrogen-bond acceptors (Lipinski definition) is 6. The number of rotatable bonds is 62. The molecule has 0 aliphatic heterocycles. The molecule has 456 valence electrons. The number of carbonyl (C=O) groups excluding carboxylic acids is 3.